The summed E-state index contributed by atoms with van der Waals surface area (Å²) in [4.78, 5) is 13.4. The molecule has 1 aliphatic rings. The molecule has 0 aromatic carbocycles. The minimum absolute atomic E-state index is 0.255. The molecule has 0 radical (unpaired) electrons. The van der Waals surface area contributed by atoms with Crippen LogP contribution in [0.4, 0.5) is 9.80 Å². The van der Waals surface area contributed by atoms with Gasteiger partial charge in [0, 0.05) is 37.7 Å². The molecular formula is C8H13N5O3S2. The van der Waals surface area contributed by atoms with Gasteiger partial charge in [-0.05, 0) is 0 Å². The van der Waals surface area contributed by atoms with E-state index < -0.39 is 10.0 Å². The number of anilines is 1. The van der Waals surface area contributed by atoms with Crippen molar-refractivity contribution in [3.05, 3.63) is 6.20 Å². The highest BCUT2D eigenvalue weighted by atomic mass is 32.2. The van der Waals surface area contributed by atoms with Crippen LogP contribution in [0.5, 0.6) is 0 Å². The van der Waals surface area contributed by atoms with E-state index in [0.717, 1.165) is 11.5 Å². The Hall–Kier alpha value is -1.26. The van der Waals surface area contributed by atoms with Gasteiger partial charge in [-0.1, -0.05) is 4.49 Å². The number of urea groups is 1. The van der Waals surface area contributed by atoms with Gasteiger partial charge in [0.2, 0.25) is 10.0 Å². The summed E-state index contributed by atoms with van der Waals surface area (Å²) in [5.74, 6) is 0. The van der Waals surface area contributed by atoms with Crippen LogP contribution < -0.4 is 5.32 Å². The van der Waals surface area contributed by atoms with E-state index >= 15 is 0 Å². The number of hydrogen-bond acceptors (Lipinski definition) is 6. The van der Waals surface area contributed by atoms with Gasteiger partial charge in [-0.15, -0.1) is 5.10 Å². The highest BCUT2D eigenvalue weighted by Crippen LogP contribution is 2.12. The number of hydrogen-bond donors (Lipinski definition) is 1. The maximum Gasteiger partial charge on any atom is 0.322 e. The fourth-order valence-corrected chi connectivity index (χ4v) is 2.87. The predicted octanol–water partition coefficient (Wildman–Crippen LogP) is -0.353. The Balaban J connectivity index is 1.88. The number of nitrogens with zero attached hydrogens (tertiary/aromatic N) is 4. The third-order valence-corrected chi connectivity index (χ3v) is 4.47. The molecule has 100 valence electrons. The quantitative estimate of drug-likeness (QED) is 0.803. The van der Waals surface area contributed by atoms with Crippen LogP contribution in [0, 0.1) is 0 Å². The first-order valence-corrected chi connectivity index (χ1v) is 7.87. The standard InChI is InChI=1S/C8H13N5O3S2/c1-18(15,16)13-4-2-12(3-5-13)8(14)10-7-6-9-11-17-7/h6H,2-5H2,1H3,(H,10,14). The topological polar surface area (TPSA) is 95.5 Å². The predicted molar refractivity (Wildman–Crippen MR) is 66.9 cm³/mol. The summed E-state index contributed by atoms with van der Waals surface area (Å²) in [6.07, 6.45) is 2.64. The van der Waals surface area contributed by atoms with Crippen LogP contribution in [0.1, 0.15) is 0 Å². The van der Waals surface area contributed by atoms with Crippen LogP contribution in [0.2, 0.25) is 0 Å². The molecule has 1 saturated heterocycles. The van der Waals surface area contributed by atoms with E-state index in [1.807, 2.05) is 0 Å². The molecule has 2 heterocycles. The number of sulfonamides is 1. The summed E-state index contributed by atoms with van der Waals surface area (Å²) < 4.78 is 27.6. The first kappa shape index (κ1) is 13.2. The van der Waals surface area contributed by atoms with Gasteiger partial charge in [0.25, 0.3) is 0 Å². The molecule has 1 aliphatic heterocycles. The second-order valence-electron chi connectivity index (χ2n) is 3.86. The van der Waals surface area contributed by atoms with Gasteiger partial charge in [-0.25, -0.2) is 13.2 Å². The van der Waals surface area contributed by atoms with Crippen molar-refractivity contribution >= 4 is 32.6 Å². The Labute approximate surface area is 109 Å². The molecule has 0 bridgehead atoms. The van der Waals surface area contributed by atoms with Crippen LogP contribution in [-0.4, -0.2) is 65.7 Å². The smallest absolute Gasteiger partial charge is 0.322 e. The zero-order chi connectivity index (χ0) is 13.2. The third kappa shape index (κ3) is 3.15. The number of aromatic nitrogens is 2. The Bertz CT molecular complexity index is 507. The van der Waals surface area contributed by atoms with Crippen LogP contribution in [0.25, 0.3) is 0 Å². The molecule has 2 rings (SSSR count). The molecule has 0 unspecified atom stereocenters. The largest absolute Gasteiger partial charge is 0.322 e. The Morgan fingerprint density at radius 1 is 1.39 bits per heavy atom. The molecule has 1 aromatic rings. The van der Waals surface area contributed by atoms with E-state index in [1.54, 1.807) is 4.90 Å². The number of amides is 2. The van der Waals surface area contributed by atoms with E-state index in [2.05, 4.69) is 14.9 Å². The monoisotopic (exact) mass is 291 g/mol. The molecule has 0 spiro atoms. The van der Waals surface area contributed by atoms with Gasteiger partial charge in [-0.2, -0.15) is 4.31 Å². The van der Waals surface area contributed by atoms with Crippen LogP contribution in [0.15, 0.2) is 6.20 Å². The molecule has 10 heteroatoms. The first-order valence-electron chi connectivity index (χ1n) is 5.25. The number of carbonyl (C=O) groups is 1. The Kier molecular flexibility index (Phi) is 3.78. The van der Waals surface area contributed by atoms with Gasteiger partial charge >= 0.3 is 6.03 Å². The molecule has 1 N–H and O–H groups in total. The zero-order valence-corrected chi connectivity index (χ0v) is 11.4. The molecule has 1 fully saturated rings. The van der Waals surface area contributed by atoms with E-state index in [1.165, 1.54) is 16.8 Å². The molecular weight excluding hydrogens is 278 g/mol. The number of rotatable bonds is 2. The van der Waals surface area contributed by atoms with Crippen molar-refractivity contribution in [2.24, 2.45) is 0 Å². The maximum atomic E-state index is 11.8. The van der Waals surface area contributed by atoms with Crippen molar-refractivity contribution in [1.82, 2.24) is 18.8 Å². The van der Waals surface area contributed by atoms with Crippen molar-refractivity contribution in [2.75, 3.05) is 37.8 Å². The van der Waals surface area contributed by atoms with Gasteiger partial charge in [0.1, 0.15) is 5.00 Å². The minimum atomic E-state index is -3.17. The lowest BCUT2D eigenvalue weighted by Gasteiger charge is -2.32. The van der Waals surface area contributed by atoms with Crippen molar-refractivity contribution < 1.29 is 13.2 Å². The van der Waals surface area contributed by atoms with Crippen LogP contribution in [0.3, 0.4) is 0 Å². The Morgan fingerprint density at radius 2 is 2.06 bits per heavy atom. The maximum absolute atomic E-state index is 11.8. The lowest BCUT2D eigenvalue weighted by atomic mass is 10.4. The minimum Gasteiger partial charge on any atom is -0.322 e. The van der Waals surface area contributed by atoms with Gasteiger partial charge in [-0.3, -0.25) is 5.32 Å². The van der Waals surface area contributed by atoms with Crippen LogP contribution >= 0.6 is 11.5 Å². The number of piperazine rings is 1. The van der Waals surface area contributed by atoms with Crippen molar-refractivity contribution in [3.8, 4) is 0 Å². The molecule has 8 nitrogen and oxygen atoms in total. The molecule has 0 aliphatic carbocycles. The summed E-state index contributed by atoms with van der Waals surface area (Å²) in [5.41, 5.74) is 0. The third-order valence-electron chi connectivity index (χ3n) is 2.59. The van der Waals surface area contributed by atoms with E-state index in [4.69, 9.17) is 0 Å². The van der Waals surface area contributed by atoms with Crippen molar-refractivity contribution in [1.29, 1.82) is 0 Å². The summed E-state index contributed by atoms with van der Waals surface area (Å²) in [5, 5.41) is 6.84. The summed E-state index contributed by atoms with van der Waals surface area (Å²) in [6.45, 7) is 1.41. The molecule has 2 amide bonds. The van der Waals surface area contributed by atoms with Gasteiger partial charge < -0.3 is 4.90 Å². The van der Waals surface area contributed by atoms with Crippen LogP contribution in [-0.2, 0) is 10.0 Å². The fraction of sp³-hybridized carbons (Fsp3) is 0.625. The zero-order valence-electron chi connectivity index (χ0n) is 9.74. The SMILES string of the molecule is CS(=O)(=O)N1CCN(C(=O)Nc2cnns2)CC1. The van der Waals surface area contributed by atoms with Gasteiger partial charge in [0.15, 0.2) is 0 Å². The van der Waals surface area contributed by atoms with E-state index in [-0.39, 0.29) is 6.03 Å². The summed E-state index contributed by atoms with van der Waals surface area (Å²) in [6, 6.07) is -0.255. The highest BCUT2D eigenvalue weighted by Gasteiger charge is 2.26. The number of nitrogens with one attached hydrogen (secondary N) is 1. The highest BCUT2D eigenvalue weighted by molar-refractivity contribution is 7.88. The van der Waals surface area contributed by atoms with Crippen molar-refractivity contribution in [3.63, 3.8) is 0 Å². The van der Waals surface area contributed by atoms with E-state index in [9.17, 15) is 13.2 Å². The molecule has 1 aromatic heterocycles. The summed E-state index contributed by atoms with van der Waals surface area (Å²) in [7, 11) is -3.17. The second kappa shape index (κ2) is 5.16. The molecule has 0 atom stereocenters. The van der Waals surface area contributed by atoms with Crippen molar-refractivity contribution in [2.45, 2.75) is 0 Å². The lowest BCUT2D eigenvalue weighted by molar-refractivity contribution is 0.184. The average Bonchev–Trinajstić information content (AvgIpc) is 2.81. The second-order valence-corrected chi connectivity index (χ2v) is 6.63. The molecule has 18 heavy (non-hydrogen) atoms. The normalized spacial score (nSPS) is 17.7. The van der Waals surface area contributed by atoms with Gasteiger partial charge in [0.05, 0.1) is 12.5 Å². The first-order chi connectivity index (χ1) is 8.47. The average molecular weight is 291 g/mol. The van der Waals surface area contributed by atoms with E-state index in [0.29, 0.717) is 31.2 Å². The fourth-order valence-electron chi connectivity index (χ4n) is 1.63. The Morgan fingerprint density at radius 3 is 2.56 bits per heavy atom. The summed E-state index contributed by atoms with van der Waals surface area (Å²) >= 11 is 1.09. The lowest BCUT2D eigenvalue weighted by Crippen LogP contribution is -2.51. The number of carbonyl (C=O) groups excluding carboxylic acids is 1. The molecule has 0 saturated carbocycles.